The van der Waals surface area contributed by atoms with E-state index in [9.17, 15) is 9.59 Å². The molecule has 0 aliphatic carbocycles. The number of hydrogen-bond acceptors (Lipinski definition) is 7. The third-order valence-corrected chi connectivity index (χ3v) is 6.06. The average Bonchev–Trinajstić information content (AvgIpc) is 3.08. The molecule has 0 aliphatic rings. The van der Waals surface area contributed by atoms with Gasteiger partial charge in [-0.3, -0.25) is 9.59 Å². The van der Waals surface area contributed by atoms with E-state index in [4.69, 9.17) is 4.52 Å². The van der Waals surface area contributed by atoms with E-state index in [1.807, 2.05) is 13.8 Å². The van der Waals surface area contributed by atoms with Gasteiger partial charge in [0.2, 0.25) is 5.91 Å². The normalized spacial score (nSPS) is 12.5. The predicted octanol–water partition coefficient (Wildman–Crippen LogP) is 3.16. The van der Waals surface area contributed by atoms with Gasteiger partial charge in [-0.05, 0) is 33.3 Å². The van der Waals surface area contributed by atoms with Crippen molar-refractivity contribution in [3.8, 4) is 0 Å². The fourth-order valence-corrected chi connectivity index (χ4v) is 4.10. The van der Waals surface area contributed by atoms with Crippen LogP contribution in [0.3, 0.4) is 0 Å². The molecule has 1 amide bonds. The summed E-state index contributed by atoms with van der Waals surface area (Å²) < 4.78 is 4.92. The summed E-state index contributed by atoms with van der Waals surface area (Å²) in [4.78, 5) is 33.6. The number of thiophene rings is 1. The van der Waals surface area contributed by atoms with Crippen molar-refractivity contribution in [1.82, 2.24) is 15.1 Å². The summed E-state index contributed by atoms with van der Waals surface area (Å²) in [7, 11) is 0. The number of nitrogens with one attached hydrogen (secondary N) is 2. The minimum atomic E-state index is -0.329. The van der Waals surface area contributed by atoms with Gasteiger partial charge < -0.3 is 14.8 Å². The van der Waals surface area contributed by atoms with E-state index in [2.05, 4.69) is 20.4 Å². The summed E-state index contributed by atoms with van der Waals surface area (Å²) in [5, 5.41) is 6.76. The third-order valence-electron chi connectivity index (χ3n) is 3.81. The number of rotatable bonds is 5. The number of aromatic nitrogens is 3. The van der Waals surface area contributed by atoms with Gasteiger partial charge in [0.25, 0.3) is 5.56 Å². The first-order chi connectivity index (χ1) is 11.8. The zero-order valence-corrected chi connectivity index (χ0v) is 15.9. The van der Waals surface area contributed by atoms with Crippen LogP contribution in [0.2, 0.25) is 0 Å². The topological polar surface area (TPSA) is 101 Å². The molecule has 0 spiro atoms. The summed E-state index contributed by atoms with van der Waals surface area (Å²) in [5.41, 5.74) is 0.848. The van der Waals surface area contributed by atoms with E-state index in [0.29, 0.717) is 28.5 Å². The molecule has 3 heterocycles. The smallest absolute Gasteiger partial charge is 0.259 e. The molecule has 25 heavy (non-hydrogen) atoms. The summed E-state index contributed by atoms with van der Waals surface area (Å²) in [6, 6.07) is 1.66. The summed E-state index contributed by atoms with van der Waals surface area (Å²) >= 11 is 2.91. The van der Waals surface area contributed by atoms with E-state index in [1.165, 1.54) is 23.1 Å². The van der Waals surface area contributed by atoms with Gasteiger partial charge in [-0.25, -0.2) is 4.98 Å². The average molecular weight is 378 g/mol. The Morgan fingerprint density at radius 2 is 2.20 bits per heavy atom. The molecule has 0 radical (unpaired) electrons. The number of carbonyl (C=O) groups is 1. The first-order valence-corrected chi connectivity index (χ1v) is 9.56. The second-order valence-electron chi connectivity index (χ2n) is 5.74. The SMILES string of the molecule is Cc1cc(NC(=O)[C@@H](C)SCc2nc3sc(C)c(C)c3c(=O)[nH]2)no1. The van der Waals surface area contributed by atoms with Crippen molar-refractivity contribution in [1.29, 1.82) is 0 Å². The monoisotopic (exact) mass is 378 g/mol. The zero-order chi connectivity index (χ0) is 18.1. The van der Waals surface area contributed by atoms with Gasteiger partial charge in [0.1, 0.15) is 16.4 Å². The number of aromatic amines is 1. The van der Waals surface area contributed by atoms with Crippen molar-refractivity contribution in [2.24, 2.45) is 0 Å². The maximum atomic E-state index is 12.3. The van der Waals surface area contributed by atoms with Crippen LogP contribution >= 0.6 is 23.1 Å². The van der Waals surface area contributed by atoms with E-state index >= 15 is 0 Å². The Balaban J connectivity index is 1.67. The highest BCUT2D eigenvalue weighted by molar-refractivity contribution is 7.99. The standard InChI is InChI=1S/C16H18N4O3S2/c1-7-5-11(20-23-7)17-14(21)10(4)24-6-12-18-15(22)13-8(2)9(3)25-16(13)19-12/h5,10H,6H2,1-4H3,(H,17,20,21)(H,18,19,22)/t10-/m1/s1. The second-order valence-corrected chi connectivity index (χ2v) is 8.27. The van der Waals surface area contributed by atoms with Crippen molar-refractivity contribution in [3.05, 3.63) is 38.4 Å². The lowest BCUT2D eigenvalue weighted by Crippen LogP contribution is -2.23. The Labute approximate surface area is 152 Å². The molecule has 0 saturated carbocycles. The molecular weight excluding hydrogens is 360 g/mol. The number of hydrogen-bond donors (Lipinski definition) is 2. The van der Waals surface area contributed by atoms with Crippen LogP contribution in [0.15, 0.2) is 15.4 Å². The highest BCUT2D eigenvalue weighted by atomic mass is 32.2. The molecule has 0 bridgehead atoms. The molecule has 0 aliphatic heterocycles. The van der Waals surface area contributed by atoms with Gasteiger partial charge >= 0.3 is 0 Å². The number of aryl methyl sites for hydroxylation is 3. The zero-order valence-electron chi connectivity index (χ0n) is 14.3. The van der Waals surface area contributed by atoms with Crippen LogP contribution in [-0.2, 0) is 10.5 Å². The number of fused-ring (bicyclic) bond motifs is 1. The van der Waals surface area contributed by atoms with Crippen molar-refractivity contribution in [3.63, 3.8) is 0 Å². The van der Waals surface area contributed by atoms with Gasteiger partial charge in [-0.2, -0.15) is 0 Å². The minimum Gasteiger partial charge on any atom is -0.360 e. The van der Waals surface area contributed by atoms with Crippen LogP contribution in [0.4, 0.5) is 5.82 Å². The molecule has 3 rings (SSSR count). The molecule has 0 fully saturated rings. The number of nitrogens with zero attached hydrogens (tertiary/aromatic N) is 2. The van der Waals surface area contributed by atoms with E-state index < -0.39 is 0 Å². The van der Waals surface area contributed by atoms with Gasteiger partial charge in [0, 0.05) is 10.9 Å². The Bertz CT molecular complexity index is 989. The molecule has 2 N–H and O–H groups in total. The molecule has 0 saturated heterocycles. The van der Waals surface area contributed by atoms with Crippen molar-refractivity contribution in [2.45, 2.75) is 38.7 Å². The number of carbonyl (C=O) groups excluding carboxylic acids is 1. The van der Waals surface area contributed by atoms with Gasteiger partial charge in [-0.1, -0.05) is 5.16 Å². The molecule has 0 aromatic carbocycles. The lowest BCUT2D eigenvalue weighted by atomic mass is 10.2. The van der Waals surface area contributed by atoms with Gasteiger partial charge in [-0.15, -0.1) is 23.1 Å². The van der Waals surface area contributed by atoms with Crippen LogP contribution in [0.1, 0.15) is 28.9 Å². The third kappa shape index (κ3) is 3.77. The predicted molar refractivity (Wildman–Crippen MR) is 100 cm³/mol. The van der Waals surface area contributed by atoms with Gasteiger partial charge in [0.05, 0.1) is 16.4 Å². The fraction of sp³-hybridized carbons (Fsp3) is 0.375. The van der Waals surface area contributed by atoms with E-state index in [-0.39, 0.29) is 16.7 Å². The molecule has 7 nitrogen and oxygen atoms in total. The van der Waals surface area contributed by atoms with Gasteiger partial charge in [0.15, 0.2) is 5.82 Å². The van der Waals surface area contributed by atoms with Crippen LogP contribution < -0.4 is 10.9 Å². The van der Waals surface area contributed by atoms with Crippen LogP contribution in [-0.4, -0.2) is 26.3 Å². The largest absolute Gasteiger partial charge is 0.360 e. The quantitative estimate of drug-likeness (QED) is 0.707. The van der Waals surface area contributed by atoms with Crippen LogP contribution in [0.25, 0.3) is 10.2 Å². The van der Waals surface area contributed by atoms with Crippen molar-refractivity contribution >= 4 is 45.0 Å². The van der Waals surface area contributed by atoms with Crippen molar-refractivity contribution < 1.29 is 9.32 Å². The lowest BCUT2D eigenvalue weighted by Gasteiger charge is -2.09. The minimum absolute atomic E-state index is 0.127. The number of H-pyrrole nitrogens is 1. The number of amides is 1. The molecule has 1 atom stereocenters. The number of thioether (sulfide) groups is 1. The Morgan fingerprint density at radius 1 is 1.44 bits per heavy atom. The van der Waals surface area contributed by atoms with Crippen LogP contribution in [0.5, 0.6) is 0 Å². The molecule has 132 valence electrons. The maximum Gasteiger partial charge on any atom is 0.259 e. The first-order valence-electron chi connectivity index (χ1n) is 7.70. The van der Waals surface area contributed by atoms with E-state index in [0.717, 1.165) is 15.3 Å². The highest BCUT2D eigenvalue weighted by Crippen LogP contribution is 2.26. The summed E-state index contributed by atoms with van der Waals surface area (Å²) in [6.07, 6.45) is 0. The highest BCUT2D eigenvalue weighted by Gasteiger charge is 2.17. The summed E-state index contributed by atoms with van der Waals surface area (Å²) in [5.74, 6) is 1.86. The second kappa shape index (κ2) is 7.01. The molecule has 3 aromatic rings. The van der Waals surface area contributed by atoms with Crippen LogP contribution in [0, 0.1) is 20.8 Å². The van der Waals surface area contributed by atoms with Crippen molar-refractivity contribution in [2.75, 3.05) is 5.32 Å². The lowest BCUT2D eigenvalue weighted by molar-refractivity contribution is -0.115. The molecule has 3 aromatic heterocycles. The number of anilines is 1. The Kier molecular flexibility index (Phi) is 4.96. The Hall–Kier alpha value is -2.13. The molecular formula is C16H18N4O3S2. The maximum absolute atomic E-state index is 12.3. The molecule has 9 heteroatoms. The fourth-order valence-electron chi connectivity index (χ4n) is 2.30. The first kappa shape index (κ1) is 17.7. The Morgan fingerprint density at radius 3 is 2.88 bits per heavy atom. The molecule has 0 unspecified atom stereocenters. The van der Waals surface area contributed by atoms with E-state index in [1.54, 1.807) is 19.9 Å². The summed E-state index contributed by atoms with van der Waals surface area (Å²) in [6.45, 7) is 7.46.